The number of rotatable bonds is 6. The van der Waals surface area contributed by atoms with Gasteiger partial charge in [0.2, 0.25) is 5.91 Å². The van der Waals surface area contributed by atoms with Gasteiger partial charge in [0.25, 0.3) is 0 Å². The minimum atomic E-state index is 0.149. The first-order valence-corrected chi connectivity index (χ1v) is 5.37. The lowest BCUT2D eigenvalue weighted by Crippen LogP contribution is -2.21. The molecule has 1 N–H and O–H groups in total. The van der Waals surface area contributed by atoms with E-state index in [-0.39, 0.29) is 5.91 Å². The van der Waals surface area contributed by atoms with Crippen molar-refractivity contribution >= 4 is 5.91 Å². The molecule has 16 heavy (non-hydrogen) atoms. The number of nitrogens with one attached hydrogen (secondary N) is 1. The second kappa shape index (κ2) is 6.22. The van der Waals surface area contributed by atoms with Crippen LogP contribution in [0.2, 0.25) is 0 Å². The SMILES string of the molecule is CNCc1cn(CCCC(=O)N(C)C)nn1. The Morgan fingerprint density at radius 2 is 2.31 bits per heavy atom. The third-order valence-corrected chi connectivity index (χ3v) is 2.22. The van der Waals surface area contributed by atoms with E-state index in [2.05, 4.69) is 15.6 Å². The molecule has 0 saturated carbocycles. The zero-order valence-corrected chi connectivity index (χ0v) is 10.1. The second-order valence-corrected chi connectivity index (χ2v) is 3.90. The minimum absolute atomic E-state index is 0.149. The lowest BCUT2D eigenvalue weighted by atomic mass is 10.3. The van der Waals surface area contributed by atoms with E-state index in [4.69, 9.17) is 0 Å². The molecule has 90 valence electrons. The third-order valence-electron chi connectivity index (χ3n) is 2.22. The molecule has 0 radical (unpaired) electrons. The molecule has 0 aliphatic carbocycles. The highest BCUT2D eigenvalue weighted by atomic mass is 16.2. The van der Waals surface area contributed by atoms with Gasteiger partial charge in [-0.15, -0.1) is 5.10 Å². The van der Waals surface area contributed by atoms with Crippen molar-refractivity contribution in [3.8, 4) is 0 Å². The van der Waals surface area contributed by atoms with Gasteiger partial charge >= 0.3 is 0 Å². The molecule has 0 spiro atoms. The molecule has 1 aromatic rings. The van der Waals surface area contributed by atoms with Crippen molar-refractivity contribution in [2.75, 3.05) is 21.1 Å². The minimum Gasteiger partial charge on any atom is -0.349 e. The molecule has 6 nitrogen and oxygen atoms in total. The first-order valence-electron chi connectivity index (χ1n) is 5.37. The Bertz CT molecular complexity index is 334. The van der Waals surface area contributed by atoms with Crippen LogP contribution in [-0.4, -0.2) is 46.9 Å². The predicted octanol–water partition coefficient (Wildman–Crippen LogP) is -0.134. The van der Waals surface area contributed by atoms with Crippen LogP contribution in [0.15, 0.2) is 6.20 Å². The number of nitrogens with zero attached hydrogens (tertiary/aromatic N) is 4. The van der Waals surface area contributed by atoms with Crippen molar-refractivity contribution in [1.82, 2.24) is 25.2 Å². The fourth-order valence-electron chi connectivity index (χ4n) is 1.33. The number of aryl methyl sites for hydroxylation is 1. The van der Waals surface area contributed by atoms with Crippen LogP contribution in [0.1, 0.15) is 18.5 Å². The van der Waals surface area contributed by atoms with Crippen LogP contribution in [0.3, 0.4) is 0 Å². The summed E-state index contributed by atoms with van der Waals surface area (Å²) in [5.74, 6) is 0.149. The van der Waals surface area contributed by atoms with E-state index in [1.54, 1.807) is 23.7 Å². The van der Waals surface area contributed by atoms with E-state index in [0.29, 0.717) is 6.42 Å². The first kappa shape index (κ1) is 12.6. The van der Waals surface area contributed by atoms with Gasteiger partial charge in [-0.1, -0.05) is 5.21 Å². The van der Waals surface area contributed by atoms with Gasteiger partial charge in [-0.2, -0.15) is 0 Å². The zero-order valence-electron chi connectivity index (χ0n) is 10.1. The van der Waals surface area contributed by atoms with Crippen LogP contribution in [0.5, 0.6) is 0 Å². The number of aromatic nitrogens is 3. The fraction of sp³-hybridized carbons (Fsp3) is 0.700. The number of hydrogen-bond acceptors (Lipinski definition) is 4. The maximum absolute atomic E-state index is 11.3. The average molecular weight is 225 g/mol. The van der Waals surface area contributed by atoms with Crippen molar-refractivity contribution < 1.29 is 4.79 Å². The van der Waals surface area contributed by atoms with Crippen LogP contribution in [0.4, 0.5) is 0 Å². The van der Waals surface area contributed by atoms with Crippen LogP contribution in [-0.2, 0) is 17.9 Å². The number of carbonyl (C=O) groups is 1. The van der Waals surface area contributed by atoms with E-state index < -0.39 is 0 Å². The van der Waals surface area contributed by atoms with Crippen molar-refractivity contribution in [3.63, 3.8) is 0 Å². The third kappa shape index (κ3) is 3.98. The lowest BCUT2D eigenvalue weighted by Gasteiger charge is -2.09. The summed E-state index contributed by atoms with van der Waals surface area (Å²) in [6.07, 6.45) is 3.24. The van der Waals surface area contributed by atoms with Gasteiger partial charge < -0.3 is 10.2 Å². The zero-order chi connectivity index (χ0) is 12.0. The predicted molar refractivity (Wildman–Crippen MR) is 60.7 cm³/mol. The summed E-state index contributed by atoms with van der Waals surface area (Å²) < 4.78 is 1.77. The molecule has 0 saturated heterocycles. The first-order chi connectivity index (χ1) is 7.63. The Morgan fingerprint density at radius 3 is 2.94 bits per heavy atom. The van der Waals surface area contributed by atoms with Gasteiger partial charge in [0.1, 0.15) is 0 Å². The molecule has 0 bridgehead atoms. The Balaban J connectivity index is 2.29. The fourth-order valence-corrected chi connectivity index (χ4v) is 1.33. The Hall–Kier alpha value is -1.43. The number of hydrogen-bond donors (Lipinski definition) is 1. The molecule has 0 atom stereocenters. The molecule has 6 heteroatoms. The molecule has 0 aliphatic heterocycles. The van der Waals surface area contributed by atoms with Crippen molar-refractivity contribution in [2.24, 2.45) is 0 Å². The van der Waals surface area contributed by atoms with Crippen molar-refractivity contribution in [2.45, 2.75) is 25.9 Å². The molecule has 0 fully saturated rings. The van der Waals surface area contributed by atoms with Gasteiger partial charge in [-0.25, -0.2) is 0 Å². The van der Waals surface area contributed by atoms with E-state index in [9.17, 15) is 4.79 Å². The molecule has 0 unspecified atom stereocenters. The van der Waals surface area contributed by atoms with E-state index in [0.717, 1.165) is 25.2 Å². The summed E-state index contributed by atoms with van der Waals surface area (Å²) >= 11 is 0. The molecule has 0 aromatic carbocycles. The topological polar surface area (TPSA) is 63.1 Å². The highest BCUT2D eigenvalue weighted by Gasteiger charge is 2.04. The number of amides is 1. The van der Waals surface area contributed by atoms with Crippen LogP contribution in [0.25, 0.3) is 0 Å². The van der Waals surface area contributed by atoms with Crippen LogP contribution >= 0.6 is 0 Å². The maximum atomic E-state index is 11.3. The molecule has 1 aromatic heterocycles. The van der Waals surface area contributed by atoms with Crippen molar-refractivity contribution in [3.05, 3.63) is 11.9 Å². The highest BCUT2D eigenvalue weighted by Crippen LogP contribution is 1.98. The molecule has 1 rings (SSSR count). The molecular weight excluding hydrogens is 206 g/mol. The quantitative estimate of drug-likeness (QED) is 0.732. The monoisotopic (exact) mass is 225 g/mol. The largest absolute Gasteiger partial charge is 0.349 e. The Morgan fingerprint density at radius 1 is 1.56 bits per heavy atom. The molecule has 0 aliphatic rings. The Kier molecular flexibility index (Phi) is 4.91. The van der Waals surface area contributed by atoms with Crippen molar-refractivity contribution in [1.29, 1.82) is 0 Å². The summed E-state index contributed by atoms with van der Waals surface area (Å²) in [5.41, 5.74) is 0.918. The summed E-state index contributed by atoms with van der Waals surface area (Å²) in [6, 6.07) is 0. The maximum Gasteiger partial charge on any atom is 0.222 e. The second-order valence-electron chi connectivity index (χ2n) is 3.90. The molecule has 1 amide bonds. The lowest BCUT2D eigenvalue weighted by molar-refractivity contribution is -0.128. The van der Waals surface area contributed by atoms with E-state index in [1.807, 2.05) is 13.2 Å². The van der Waals surface area contributed by atoms with Gasteiger partial charge in [-0.05, 0) is 13.5 Å². The highest BCUT2D eigenvalue weighted by molar-refractivity contribution is 5.75. The normalized spacial score (nSPS) is 10.4. The summed E-state index contributed by atoms with van der Waals surface area (Å²) in [4.78, 5) is 12.9. The molecule has 1 heterocycles. The standard InChI is InChI=1S/C10H19N5O/c1-11-7-9-8-15(13-12-9)6-4-5-10(16)14(2)3/h8,11H,4-7H2,1-3H3. The van der Waals surface area contributed by atoms with E-state index >= 15 is 0 Å². The van der Waals surface area contributed by atoms with Crippen LogP contribution in [0, 0.1) is 0 Å². The summed E-state index contributed by atoms with van der Waals surface area (Å²) in [6.45, 7) is 1.45. The summed E-state index contributed by atoms with van der Waals surface area (Å²) in [7, 11) is 5.40. The van der Waals surface area contributed by atoms with Gasteiger partial charge in [0.05, 0.1) is 5.69 Å². The average Bonchev–Trinajstić information content (AvgIpc) is 2.66. The molecular formula is C10H19N5O. The van der Waals surface area contributed by atoms with E-state index in [1.165, 1.54) is 0 Å². The van der Waals surface area contributed by atoms with Gasteiger partial charge in [0.15, 0.2) is 0 Å². The van der Waals surface area contributed by atoms with Crippen LogP contribution < -0.4 is 5.32 Å². The van der Waals surface area contributed by atoms with Gasteiger partial charge in [0, 0.05) is 39.8 Å². The van der Waals surface area contributed by atoms with Gasteiger partial charge in [-0.3, -0.25) is 9.48 Å². The Labute approximate surface area is 95.6 Å². The smallest absolute Gasteiger partial charge is 0.222 e. The summed E-state index contributed by atoms with van der Waals surface area (Å²) in [5, 5.41) is 11.0. The number of carbonyl (C=O) groups excluding carboxylic acids is 1.